The highest BCUT2D eigenvalue weighted by molar-refractivity contribution is 6.06. The van der Waals surface area contributed by atoms with Crippen molar-refractivity contribution < 1.29 is 14.0 Å². The Morgan fingerprint density at radius 3 is 2.56 bits per heavy atom. The molecule has 1 atom stereocenters. The van der Waals surface area contributed by atoms with Crippen LogP contribution in [0.3, 0.4) is 0 Å². The highest BCUT2D eigenvalue weighted by Crippen LogP contribution is 2.18. The maximum atomic E-state index is 13.0. The van der Waals surface area contributed by atoms with Gasteiger partial charge in [0.25, 0.3) is 0 Å². The number of nitrogens with two attached hydrogens (primary N) is 1. The molecule has 1 rings (SSSR count). The van der Waals surface area contributed by atoms with E-state index in [1.807, 2.05) is 0 Å². The van der Waals surface area contributed by atoms with Crippen LogP contribution in [-0.4, -0.2) is 17.7 Å². The molecule has 0 aliphatic rings. The first-order valence-corrected chi connectivity index (χ1v) is 4.78. The Bertz CT molecular complexity index is 430. The lowest BCUT2D eigenvalue weighted by Gasteiger charge is -2.10. The number of halogens is 1. The third-order valence-electron chi connectivity index (χ3n) is 1.97. The fourth-order valence-electron chi connectivity index (χ4n) is 1.27. The molecule has 1 aromatic carbocycles. The van der Waals surface area contributed by atoms with Crippen LogP contribution in [0.4, 0.5) is 10.1 Å². The molecule has 1 amide bonds. The molecule has 0 aliphatic heterocycles. The standard InChI is InChI=1S/C11H13FN2O2/c1-6(13)11(16)9-4-3-8(12)5-10(9)14-7(2)15/h3-6H,13H2,1-2H3,(H,14,15). The minimum absolute atomic E-state index is 0.148. The average Bonchev–Trinajstić information content (AvgIpc) is 2.15. The van der Waals surface area contributed by atoms with Crippen LogP contribution in [0, 0.1) is 5.82 Å². The summed E-state index contributed by atoms with van der Waals surface area (Å²) in [5, 5.41) is 2.39. The Morgan fingerprint density at radius 2 is 2.06 bits per heavy atom. The van der Waals surface area contributed by atoms with E-state index in [1.165, 1.54) is 19.9 Å². The first-order chi connectivity index (χ1) is 7.41. The number of anilines is 1. The molecule has 86 valence electrons. The zero-order valence-electron chi connectivity index (χ0n) is 9.08. The van der Waals surface area contributed by atoms with E-state index in [-0.39, 0.29) is 22.9 Å². The number of hydrogen-bond acceptors (Lipinski definition) is 3. The van der Waals surface area contributed by atoms with E-state index in [9.17, 15) is 14.0 Å². The van der Waals surface area contributed by atoms with Crippen LogP contribution in [-0.2, 0) is 4.79 Å². The van der Waals surface area contributed by atoms with Gasteiger partial charge in [0, 0.05) is 12.5 Å². The highest BCUT2D eigenvalue weighted by atomic mass is 19.1. The van der Waals surface area contributed by atoms with Gasteiger partial charge in [0.2, 0.25) is 5.91 Å². The summed E-state index contributed by atoms with van der Waals surface area (Å²) >= 11 is 0. The molecular formula is C11H13FN2O2. The van der Waals surface area contributed by atoms with Gasteiger partial charge < -0.3 is 11.1 Å². The topological polar surface area (TPSA) is 72.2 Å². The lowest BCUT2D eigenvalue weighted by Crippen LogP contribution is -2.27. The molecule has 1 aromatic rings. The van der Waals surface area contributed by atoms with Gasteiger partial charge in [-0.3, -0.25) is 9.59 Å². The Hall–Kier alpha value is -1.75. The van der Waals surface area contributed by atoms with Gasteiger partial charge in [0.1, 0.15) is 5.82 Å². The van der Waals surface area contributed by atoms with Crippen molar-refractivity contribution in [2.24, 2.45) is 5.73 Å². The second kappa shape index (κ2) is 4.85. The number of nitrogens with one attached hydrogen (secondary N) is 1. The van der Waals surface area contributed by atoms with Gasteiger partial charge in [-0.15, -0.1) is 0 Å². The largest absolute Gasteiger partial charge is 0.326 e. The molecule has 4 nitrogen and oxygen atoms in total. The SMILES string of the molecule is CC(=O)Nc1cc(F)ccc1C(=O)C(C)N. The molecule has 0 radical (unpaired) electrons. The van der Waals surface area contributed by atoms with Crippen molar-refractivity contribution in [1.29, 1.82) is 0 Å². The average molecular weight is 224 g/mol. The number of carbonyl (C=O) groups is 2. The number of amides is 1. The third-order valence-corrected chi connectivity index (χ3v) is 1.97. The molecule has 0 bridgehead atoms. The number of Topliss-reactive ketones (excluding diaryl/α,β-unsaturated/α-hetero) is 1. The fraction of sp³-hybridized carbons (Fsp3) is 0.273. The molecule has 0 saturated heterocycles. The van der Waals surface area contributed by atoms with Crippen molar-refractivity contribution in [3.8, 4) is 0 Å². The van der Waals surface area contributed by atoms with Crippen LogP contribution in [0.5, 0.6) is 0 Å². The zero-order chi connectivity index (χ0) is 12.3. The second-order valence-electron chi connectivity index (χ2n) is 3.52. The summed E-state index contributed by atoms with van der Waals surface area (Å²) in [6.45, 7) is 2.81. The quantitative estimate of drug-likeness (QED) is 0.760. The first kappa shape index (κ1) is 12.3. The maximum Gasteiger partial charge on any atom is 0.221 e. The molecule has 0 aliphatic carbocycles. The third kappa shape index (κ3) is 2.87. The van der Waals surface area contributed by atoms with Crippen molar-refractivity contribution >= 4 is 17.4 Å². The summed E-state index contributed by atoms with van der Waals surface area (Å²) in [7, 11) is 0. The van der Waals surface area contributed by atoms with Crippen LogP contribution in [0.25, 0.3) is 0 Å². The van der Waals surface area contributed by atoms with Gasteiger partial charge >= 0.3 is 0 Å². The number of rotatable bonds is 3. The Labute approximate surface area is 92.6 Å². The Morgan fingerprint density at radius 1 is 1.44 bits per heavy atom. The van der Waals surface area contributed by atoms with E-state index in [0.717, 1.165) is 12.1 Å². The number of ketones is 1. The second-order valence-corrected chi connectivity index (χ2v) is 3.52. The summed E-state index contributed by atoms with van der Waals surface area (Å²) in [4.78, 5) is 22.6. The predicted molar refractivity (Wildman–Crippen MR) is 58.7 cm³/mol. The highest BCUT2D eigenvalue weighted by Gasteiger charge is 2.16. The van der Waals surface area contributed by atoms with Crippen molar-refractivity contribution in [3.63, 3.8) is 0 Å². The molecule has 0 heterocycles. The minimum atomic E-state index is -0.696. The van der Waals surface area contributed by atoms with Gasteiger partial charge in [-0.1, -0.05) is 0 Å². The molecular weight excluding hydrogens is 211 g/mol. The molecule has 1 unspecified atom stereocenters. The summed E-state index contributed by atoms with van der Waals surface area (Å²) in [5.74, 6) is -1.24. The van der Waals surface area contributed by atoms with Crippen molar-refractivity contribution in [2.45, 2.75) is 19.9 Å². The molecule has 0 aromatic heterocycles. The molecule has 5 heteroatoms. The monoisotopic (exact) mass is 224 g/mol. The lowest BCUT2D eigenvalue weighted by atomic mass is 10.0. The van der Waals surface area contributed by atoms with Crippen LogP contribution in [0.1, 0.15) is 24.2 Å². The first-order valence-electron chi connectivity index (χ1n) is 4.78. The molecule has 0 fully saturated rings. The van der Waals surface area contributed by atoms with Gasteiger partial charge in [0.15, 0.2) is 5.78 Å². The summed E-state index contributed by atoms with van der Waals surface area (Å²) in [6.07, 6.45) is 0. The van der Waals surface area contributed by atoms with Crippen molar-refractivity contribution in [2.75, 3.05) is 5.32 Å². The lowest BCUT2D eigenvalue weighted by molar-refractivity contribution is -0.114. The molecule has 16 heavy (non-hydrogen) atoms. The number of carbonyl (C=O) groups excluding carboxylic acids is 2. The predicted octanol–water partition coefficient (Wildman–Crippen LogP) is 1.31. The van der Waals surface area contributed by atoms with Gasteiger partial charge in [-0.2, -0.15) is 0 Å². The van der Waals surface area contributed by atoms with E-state index in [0.29, 0.717) is 0 Å². The number of benzene rings is 1. The Balaban J connectivity index is 3.17. The van der Waals surface area contributed by atoms with Crippen LogP contribution in [0.2, 0.25) is 0 Å². The number of hydrogen-bond donors (Lipinski definition) is 2. The van der Waals surface area contributed by atoms with Gasteiger partial charge in [0.05, 0.1) is 11.7 Å². The summed E-state index contributed by atoms with van der Waals surface area (Å²) < 4.78 is 13.0. The van der Waals surface area contributed by atoms with Gasteiger partial charge in [-0.25, -0.2) is 4.39 Å². The summed E-state index contributed by atoms with van der Waals surface area (Å²) in [6, 6.07) is 2.86. The fourth-order valence-corrected chi connectivity index (χ4v) is 1.27. The van der Waals surface area contributed by atoms with Crippen LogP contribution in [0.15, 0.2) is 18.2 Å². The van der Waals surface area contributed by atoms with Crippen molar-refractivity contribution in [1.82, 2.24) is 0 Å². The summed E-state index contributed by atoms with van der Waals surface area (Å²) in [5.41, 5.74) is 5.81. The van der Waals surface area contributed by atoms with Crippen molar-refractivity contribution in [3.05, 3.63) is 29.6 Å². The van der Waals surface area contributed by atoms with E-state index >= 15 is 0 Å². The van der Waals surface area contributed by atoms with Crippen LogP contribution < -0.4 is 11.1 Å². The van der Waals surface area contributed by atoms with Gasteiger partial charge in [-0.05, 0) is 25.1 Å². The van der Waals surface area contributed by atoms with E-state index in [4.69, 9.17) is 5.73 Å². The molecule has 0 saturated carbocycles. The van der Waals surface area contributed by atoms with E-state index in [1.54, 1.807) is 0 Å². The normalized spacial score (nSPS) is 12.0. The molecule has 3 N–H and O–H groups in total. The van der Waals surface area contributed by atoms with E-state index in [2.05, 4.69) is 5.32 Å². The van der Waals surface area contributed by atoms with Crippen LogP contribution >= 0.6 is 0 Å². The Kier molecular flexibility index (Phi) is 3.73. The smallest absolute Gasteiger partial charge is 0.221 e. The maximum absolute atomic E-state index is 13.0. The molecule has 0 spiro atoms. The van der Waals surface area contributed by atoms with E-state index < -0.39 is 11.9 Å². The zero-order valence-corrected chi connectivity index (χ0v) is 9.08. The minimum Gasteiger partial charge on any atom is -0.326 e.